The van der Waals surface area contributed by atoms with Crippen molar-refractivity contribution in [2.24, 2.45) is 0 Å². The number of ether oxygens (including phenoxy) is 1. The summed E-state index contributed by atoms with van der Waals surface area (Å²) in [5, 5.41) is 3.88. The van der Waals surface area contributed by atoms with Gasteiger partial charge in [0.2, 0.25) is 0 Å². The molecule has 1 aliphatic heterocycles. The number of benzene rings is 2. The molecule has 2 aromatic carbocycles. The molecule has 0 atom stereocenters. The lowest BCUT2D eigenvalue weighted by Gasteiger charge is -2.35. The van der Waals surface area contributed by atoms with Crippen molar-refractivity contribution in [2.45, 2.75) is 6.92 Å². The quantitative estimate of drug-likeness (QED) is 0.695. The first-order chi connectivity index (χ1) is 13.6. The van der Waals surface area contributed by atoms with Crippen molar-refractivity contribution >= 4 is 11.6 Å². The molecule has 0 unspecified atom stereocenters. The van der Waals surface area contributed by atoms with Crippen LogP contribution in [0.25, 0.3) is 11.5 Å². The second-order valence-electron chi connectivity index (χ2n) is 6.77. The fraction of sp³-hybridized carbons (Fsp3) is 0.286. The molecule has 144 valence electrons. The van der Waals surface area contributed by atoms with Crippen LogP contribution in [0.1, 0.15) is 16.2 Å². The summed E-state index contributed by atoms with van der Waals surface area (Å²) in [6.45, 7) is 4.73. The van der Waals surface area contributed by atoms with E-state index in [-0.39, 0.29) is 11.7 Å². The summed E-state index contributed by atoms with van der Waals surface area (Å²) < 4.78 is 10.5. The molecule has 0 aliphatic carbocycles. The van der Waals surface area contributed by atoms with E-state index in [9.17, 15) is 4.79 Å². The summed E-state index contributed by atoms with van der Waals surface area (Å²) in [6.07, 6.45) is 0. The predicted octanol–water partition coefficient (Wildman–Crippen LogP) is 3.02. The molecule has 3 aromatic rings. The molecule has 1 aromatic heterocycles. The van der Waals surface area contributed by atoms with Crippen LogP contribution in [0.2, 0.25) is 0 Å². The number of carbonyl (C=O) groups is 1. The zero-order valence-electron chi connectivity index (χ0n) is 16.0. The smallest absolute Gasteiger partial charge is 0.295 e. The molecule has 0 spiro atoms. The van der Waals surface area contributed by atoms with Crippen LogP contribution in [0.15, 0.2) is 53.1 Å². The second-order valence-corrected chi connectivity index (χ2v) is 6.77. The Morgan fingerprint density at radius 3 is 2.32 bits per heavy atom. The maximum atomic E-state index is 12.7. The summed E-state index contributed by atoms with van der Waals surface area (Å²) in [6, 6.07) is 15.7. The van der Waals surface area contributed by atoms with Gasteiger partial charge in [0, 0.05) is 37.4 Å². The van der Waals surface area contributed by atoms with Gasteiger partial charge in [-0.25, -0.2) is 0 Å². The Labute approximate surface area is 163 Å². The average Bonchev–Trinajstić information content (AvgIpc) is 3.24. The lowest BCUT2D eigenvalue weighted by Crippen LogP contribution is -2.49. The number of aryl methyl sites for hydroxylation is 1. The molecular formula is C21H22N4O3. The first-order valence-electron chi connectivity index (χ1n) is 9.23. The molecule has 0 radical (unpaired) electrons. The maximum absolute atomic E-state index is 12.7. The van der Waals surface area contributed by atoms with Crippen molar-refractivity contribution in [1.29, 1.82) is 0 Å². The lowest BCUT2D eigenvalue weighted by molar-refractivity contribution is 0.0731. The van der Waals surface area contributed by atoms with Crippen molar-refractivity contribution in [3.63, 3.8) is 0 Å². The van der Waals surface area contributed by atoms with E-state index in [0.717, 1.165) is 35.7 Å². The topological polar surface area (TPSA) is 71.7 Å². The van der Waals surface area contributed by atoms with E-state index >= 15 is 0 Å². The van der Waals surface area contributed by atoms with Gasteiger partial charge in [0.1, 0.15) is 5.75 Å². The highest BCUT2D eigenvalue weighted by Gasteiger charge is 2.26. The van der Waals surface area contributed by atoms with Gasteiger partial charge < -0.3 is 19.1 Å². The number of nitrogens with zero attached hydrogens (tertiary/aromatic N) is 4. The Hall–Kier alpha value is -3.35. The summed E-state index contributed by atoms with van der Waals surface area (Å²) >= 11 is 0. The average molecular weight is 378 g/mol. The van der Waals surface area contributed by atoms with Crippen LogP contribution >= 0.6 is 0 Å². The van der Waals surface area contributed by atoms with Crippen LogP contribution in [0.3, 0.4) is 0 Å². The molecule has 1 saturated heterocycles. The van der Waals surface area contributed by atoms with Crippen LogP contribution in [0.5, 0.6) is 5.75 Å². The molecule has 1 aliphatic rings. The number of methoxy groups -OCH3 is 1. The molecule has 0 N–H and O–H groups in total. The van der Waals surface area contributed by atoms with Gasteiger partial charge >= 0.3 is 0 Å². The Morgan fingerprint density at radius 2 is 1.68 bits per heavy atom. The first kappa shape index (κ1) is 18.0. The summed E-state index contributed by atoms with van der Waals surface area (Å²) in [7, 11) is 1.65. The number of hydrogen-bond acceptors (Lipinski definition) is 6. The Balaban J connectivity index is 1.39. The largest absolute Gasteiger partial charge is 0.497 e. The highest BCUT2D eigenvalue weighted by atomic mass is 16.5. The van der Waals surface area contributed by atoms with Crippen LogP contribution in [0.4, 0.5) is 5.69 Å². The summed E-state index contributed by atoms with van der Waals surface area (Å²) in [4.78, 5) is 21.0. The van der Waals surface area contributed by atoms with Gasteiger partial charge in [0.15, 0.2) is 0 Å². The third-order valence-electron chi connectivity index (χ3n) is 4.92. The van der Waals surface area contributed by atoms with E-state index in [0.29, 0.717) is 19.0 Å². The maximum Gasteiger partial charge on any atom is 0.295 e. The molecule has 28 heavy (non-hydrogen) atoms. The molecule has 1 amide bonds. The summed E-state index contributed by atoms with van der Waals surface area (Å²) in [5.74, 6) is 1.10. The van der Waals surface area contributed by atoms with E-state index in [1.165, 1.54) is 0 Å². The van der Waals surface area contributed by atoms with Crippen molar-refractivity contribution in [2.75, 3.05) is 38.2 Å². The predicted molar refractivity (Wildman–Crippen MR) is 106 cm³/mol. The van der Waals surface area contributed by atoms with Gasteiger partial charge in [-0.1, -0.05) is 22.9 Å². The second kappa shape index (κ2) is 7.72. The van der Waals surface area contributed by atoms with E-state index in [4.69, 9.17) is 9.26 Å². The normalized spacial score (nSPS) is 14.2. The Morgan fingerprint density at radius 1 is 1.00 bits per heavy atom. The van der Waals surface area contributed by atoms with E-state index in [1.807, 2.05) is 55.5 Å². The molecule has 1 fully saturated rings. The van der Waals surface area contributed by atoms with Gasteiger partial charge in [-0.15, -0.1) is 0 Å². The van der Waals surface area contributed by atoms with Crippen LogP contribution in [0, 0.1) is 6.92 Å². The SMILES string of the molecule is COc1ccc(N2CCN(C(=O)c3noc(-c4ccc(C)cc4)n3)CC2)cc1. The minimum atomic E-state index is -0.198. The Kier molecular flexibility index (Phi) is 4.97. The Bertz CT molecular complexity index is 943. The van der Waals surface area contributed by atoms with Crippen molar-refractivity contribution < 1.29 is 14.1 Å². The number of piperazine rings is 1. The van der Waals surface area contributed by atoms with Gasteiger partial charge in [0.05, 0.1) is 7.11 Å². The first-order valence-corrected chi connectivity index (χ1v) is 9.23. The molecule has 7 heteroatoms. The van der Waals surface area contributed by atoms with Crippen LogP contribution in [-0.4, -0.2) is 54.2 Å². The highest BCUT2D eigenvalue weighted by molar-refractivity contribution is 5.91. The number of anilines is 1. The van der Waals surface area contributed by atoms with E-state index in [1.54, 1.807) is 12.0 Å². The molecule has 0 saturated carbocycles. The van der Waals surface area contributed by atoms with Crippen LogP contribution in [-0.2, 0) is 0 Å². The minimum Gasteiger partial charge on any atom is -0.497 e. The standard InChI is InChI=1S/C21H22N4O3/c1-15-3-5-16(6-4-15)20-22-19(23-28-20)21(26)25-13-11-24(12-14-25)17-7-9-18(27-2)10-8-17/h3-10H,11-14H2,1-2H3. The van der Waals surface area contributed by atoms with E-state index in [2.05, 4.69) is 15.0 Å². The number of amides is 1. The molecule has 2 heterocycles. The monoisotopic (exact) mass is 378 g/mol. The number of rotatable bonds is 4. The third-order valence-corrected chi connectivity index (χ3v) is 4.92. The number of carbonyl (C=O) groups excluding carboxylic acids is 1. The molecule has 0 bridgehead atoms. The van der Waals surface area contributed by atoms with Crippen molar-refractivity contribution in [3.05, 3.63) is 59.9 Å². The fourth-order valence-electron chi connectivity index (χ4n) is 3.23. The molecular weight excluding hydrogens is 356 g/mol. The molecule has 7 nitrogen and oxygen atoms in total. The number of aromatic nitrogens is 2. The zero-order valence-corrected chi connectivity index (χ0v) is 16.0. The van der Waals surface area contributed by atoms with Gasteiger partial charge in [0.25, 0.3) is 17.6 Å². The van der Waals surface area contributed by atoms with Gasteiger partial charge in [-0.05, 0) is 43.3 Å². The highest BCUT2D eigenvalue weighted by Crippen LogP contribution is 2.22. The van der Waals surface area contributed by atoms with Gasteiger partial charge in [-0.3, -0.25) is 4.79 Å². The number of hydrogen-bond donors (Lipinski definition) is 0. The van der Waals surface area contributed by atoms with Crippen LogP contribution < -0.4 is 9.64 Å². The van der Waals surface area contributed by atoms with Gasteiger partial charge in [-0.2, -0.15) is 4.98 Å². The zero-order chi connectivity index (χ0) is 19.5. The lowest BCUT2D eigenvalue weighted by atomic mass is 10.1. The van der Waals surface area contributed by atoms with Crippen molar-refractivity contribution in [1.82, 2.24) is 15.0 Å². The minimum absolute atomic E-state index is 0.105. The molecule has 4 rings (SSSR count). The van der Waals surface area contributed by atoms with Crippen molar-refractivity contribution in [3.8, 4) is 17.2 Å². The fourth-order valence-corrected chi connectivity index (χ4v) is 3.23. The van der Waals surface area contributed by atoms with E-state index < -0.39 is 0 Å². The summed E-state index contributed by atoms with van der Waals surface area (Å²) in [5.41, 5.74) is 3.07. The third kappa shape index (κ3) is 3.69.